The van der Waals surface area contributed by atoms with Gasteiger partial charge in [-0.2, -0.15) is 0 Å². The molecule has 1 saturated carbocycles. The molecule has 100 valence electrons. The van der Waals surface area contributed by atoms with E-state index in [2.05, 4.69) is 15.5 Å². The van der Waals surface area contributed by atoms with E-state index in [1.54, 1.807) is 0 Å². The largest absolute Gasteiger partial charge is 0.350 e. The van der Waals surface area contributed by atoms with Gasteiger partial charge in [-0.25, -0.2) is 0 Å². The van der Waals surface area contributed by atoms with Crippen LogP contribution < -0.4 is 10.6 Å². The van der Waals surface area contributed by atoms with Gasteiger partial charge in [-0.1, -0.05) is 0 Å². The Labute approximate surface area is 107 Å². The Morgan fingerprint density at radius 1 is 1.11 bits per heavy atom. The van der Waals surface area contributed by atoms with Crippen molar-refractivity contribution in [1.82, 2.24) is 15.5 Å². The molecule has 3 aliphatic heterocycles. The first-order chi connectivity index (χ1) is 8.72. The molecule has 18 heavy (non-hydrogen) atoms. The Hall–Kier alpha value is -1.10. The maximum atomic E-state index is 11.8. The van der Waals surface area contributed by atoms with Crippen LogP contribution in [-0.4, -0.2) is 48.9 Å². The summed E-state index contributed by atoms with van der Waals surface area (Å²) in [6.07, 6.45) is 4.35. The normalized spacial score (nSPS) is 34.1. The molecular formula is C13H21N3O2. The molecule has 1 unspecified atom stereocenters. The highest BCUT2D eigenvalue weighted by atomic mass is 16.2. The Kier molecular flexibility index (Phi) is 3.24. The quantitative estimate of drug-likeness (QED) is 0.722. The number of fused-ring (bicyclic) bond motifs is 3. The van der Waals surface area contributed by atoms with Gasteiger partial charge in [0.2, 0.25) is 11.8 Å². The molecule has 2 N–H and O–H groups in total. The van der Waals surface area contributed by atoms with Gasteiger partial charge in [0.25, 0.3) is 0 Å². The minimum atomic E-state index is -0.0391. The summed E-state index contributed by atoms with van der Waals surface area (Å²) >= 11 is 0. The summed E-state index contributed by atoms with van der Waals surface area (Å²) < 4.78 is 0. The molecule has 4 rings (SSSR count). The molecule has 0 radical (unpaired) electrons. The molecule has 5 nitrogen and oxygen atoms in total. The topological polar surface area (TPSA) is 61.4 Å². The highest BCUT2D eigenvalue weighted by Gasteiger charge is 2.35. The van der Waals surface area contributed by atoms with Crippen LogP contribution in [0.15, 0.2) is 0 Å². The number of rotatable bonds is 4. The molecule has 2 amide bonds. The number of nitrogens with one attached hydrogen (secondary N) is 2. The summed E-state index contributed by atoms with van der Waals surface area (Å²) in [7, 11) is 0. The lowest BCUT2D eigenvalue weighted by Crippen LogP contribution is -2.58. The third-order valence-electron chi connectivity index (χ3n) is 4.37. The van der Waals surface area contributed by atoms with Crippen LogP contribution in [0, 0.1) is 11.8 Å². The maximum Gasteiger partial charge on any atom is 0.239 e. The minimum Gasteiger partial charge on any atom is -0.350 e. The van der Waals surface area contributed by atoms with Gasteiger partial charge in [-0.05, 0) is 44.7 Å². The van der Waals surface area contributed by atoms with Crippen LogP contribution >= 0.6 is 0 Å². The second-order valence-electron chi connectivity index (χ2n) is 5.80. The predicted molar refractivity (Wildman–Crippen MR) is 66.8 cm³/mol. The third kappa shape index (κ3) is 2.66. The SMILES string of the molecule is O=C(CNC(=O)C1CC1)NC1CN2CCC1CC2. The number of piperidine rings is 3. The van der Waals surface area contributed by atoms with E-state index in [-0.39, 0.29) is 30.3 Å². The summed E-state index contributed by atoms with van der Waals surface area (Å²) in [5.74, 6) is 0.814. The summed E-state index contributed by atoms with van der Waals surface area (Å²) in [5.41, 5.74) is 0. The molecule has 4 fully saturated rings. The summed E-state index contributed by atoms with van der Waals surface area (Å²) in [5, 5.41) is 5.78. The molecule has 4 aliphatic rings. The van der Waals surface area contributed by atoms with Gasteiger partial charge in [0.05, 0.1) is 6.54 Å². The third-order valence-corrected chi connectivity index (χ3v) is 4.37. The van der Waals surface area contributed by atoms with Crippen molar-refractivity contribution in [3.8, 4) is 0 Å². The lowest BCUT2D eigenvalue weighted by Gasteiger charge is -2.44. The molecule has 3 heterocycles. The Balaban J connectivity index is 1.41. The zero-order valence-electron chi connectivity index (χ0n) is 10.7. The lowest BCUT2D eigenvalue weighted by atomic mass is 9.84. The average molecular weight is 251 g/mol. The molecule has 5 heteroatoms. The summed E-state index contributed by atoms with van der Waals surface area (Å²) in [6.45, 7) is 3.47. The van der Waals surface area contributed by atoms with Crippen molar-refractivity contribution < 1.29 is 9.59 Å². The zero-order valence-corrected chi connectivity index (χ0v) is 10.7. The maximum absolute atomic E-state index is 11.8. The number of hydrogen-bond donors (Lipinski definition) is 2. The van der Waals surface area contributed by atoms with Crippen molar-refractivity contribution in [2.45, 2.75) is 31.7 Å². The second-order valence-corrected chi connectivity index (χ2v) is 5.80. The molecule has 3 saturated heterocycles. The van der Waals surface area contributed by atoms with Crippen LogP contribution in [0.2, 0.25) is 0 Å². The lowest BCUT2D eigenvalue weighted by molar-refractivity contribution is -0.127. The van der Waals surface area contributed by atoms with Crippen LogP contribution in [0.25, 0.3) is 0 Å². The number of amides is 2. The average Bonchev–Trinajstić information content (AvgIpc) is 3.22. The van der Waals surface area contributed by atoms with E-state index >= 15 is 0 Å². The Bertz CT molecular complexity index is 346. The monoisotopic (exact) mass is 251 g/mol. The summed E-state index contributed by atoms with van der Waals surface area (Å²) in [6, 6.07) is 0.290. The van der Waals surface area contributed by atoms with Gasteiger partial charge in [0.1, 0.15) is 0 Å². The van der Waals surface area contributed by atoms with E-state index in [0.717, 1.165) is 19.4 Å². The van der Waals surface area contributed by atoms with Gasteiger partial charge in [0.15, 0.2) is 0 Å². The Morgan fingerprint density at radius 3 is 2.39 bits per heavy atom. The second kappa shape index (κ2) is 4.88. The fourth-order valence-corrected chi connectivity index (χ4v) is 3.04. The number of nitrogens with zero attached hydrogens (tertiary/aromatic N) is 1. The molecule has 2 bridgehead atoms. The van der Waals surface area contributed by atoms with Crippen molar-refractivity contribution in [3.05, 3.63) is 0 Å². The van der Waals surface area contributed by atoms with Crippen LogP contribution in [0.5, 0.6) is 0 Å². The standard InChI is InChI=1S/C13H21N3O2/c17-12(7-14-13(18)10-1-2-10)15-11-8-16-5-3-9(11)4-6-16/h9-11H,1-8H2,(H,14,18)(H,15,17). The first kappa shape index (κ1) is 12.0. The highest BCUT2D eigenvalue weighted by Crippen LogP contribution is 2.29. The van der Waals surface area contributed by atoms with Crippen molar-refractivity contribution in [3.63, 3.8) is 0 Å². The van der Waals surface area contributed by atoms with Crippen molar-refractivity contribution in [2.75, 3.05) is 26.2 Å². The fraction of sp³-hybridized carbons (Fsp3) is 0.846. The molecular weight excluding hydrogens is 230 g/mol. The molecule has 0 aromatic rings. The molecule has 0 aromatic carbocycles. The van der Waals surface area contributed by atoms with Crippen molar-refractivity contribution in [1.29, 1.82) is 0 Å². The number of hydrogen-bond acceptors (Lipinski definition) is 3. The van der Waals surface area contributed by atoms with Crippen LogP contribution in [0.1, 0.15) is 25.7 Å². The Morgan fingerprint density at radius 2 is 1.83 bits per heavy atom. The van der Waals surface area contributed by atoms with Gasteiger partial charge in [-0.3, -0.25) is 9.59 Å². The van der Waals surface area contributed by atoms with Gasteiger partial charge in [-0.15, -0.1) is 0 Å². The van der Waals surface area contributed by atoms with Crippen molar-refractivity contribution >= 4 is 11.8 Å². The van der Waals surface area contributed by atoms with Gasteiger partial charge >= 0.3 is 0 Å². The van der Waals surface area contributed by atoms with Crippen LogP contribution in [0.4, 0.5) is 0 Å². The van der Waals surface area contributed by atoms with Crippen LogP contribution in [-0.2, 0) is 9.59 Å². The van der Waals surface area contributed by atoms with E-state index in [4.69, 9.17) is 0 Å². The smallest absolute Gasteiger partial charge is 0.239 e. The molecule has 1 aliphatic carbocycles. The van der Waals surface area contributed by atoms with Crippen LogP contribution in [0.3, 0.4) is 0 Å². The molecule has 0 spiro atoms. The zero-order chi connectivity index (χ0) is 12.5. The van der Waals surface area contributed by atoms with E-state index in [0.29, 0.717) is 5.92 Å². The number of carbonyl (C=O) groups is 2. The van der Waals surface area contributed by atoms with E-state index < -0.39 is 0 Å². The van der Waals surface area contributed by atoms with E-state index in [9.17, 15) is 9.59 Å². The summed E-state index contributed by atoms with van der Waals surface area (Å²) in [4.78, 5) is 25.6. The first-order valence-corrected chi connectivity index (χ1v) is 7.02. The molecule has 1 atom stereocenters. The fourth-order valence-electron chi connectivity index (χ4n) is 3.04. The predicted octanol–water partition coefficient (Wildman–Crippen LogP) is -0.277. The van der Waals surface area contributed by atoms with Gasteiger partial charge < -0.3 is 15.5 Å². The highest BCUT2D eigenvalue weighted by molar-refractivity contribution is 5.87. The van der Waals surface area contributed by atoms with Crippen molar-refractivity contribution in [2.24, 2.45) is 11.8 Å². The number of carbonyl (C=O) groups excluding carboxylic acids is 2. The van der Waals surface area contributed by atoms with E-state index in [1.807, 2.05) is 0 Å². The van der Waals surface area contributed by atoms with Gasteiger partial charge in [0, 0.05) is 18.5 Å². The minimum absolute atomic E-state index is 0.0391. The van der Waals surface area contributed by atoms with E-state index in [1.165, 1.54) is 25.9 Å². The molecule has 0 aromatic heterocycles. The first-order valence-electron chi connectivity index (χ1n) is 7.02.